The molecule has 1 fully saturated rings. The lowest BCUT2D eigenvalue weighted by atomic mass is 10.0. The number of nitrogens with zero attached hydrogens (tertiary/aromatic N) is 2. The molecule has 2 heterocycles. The third kappa shape index (κ3) is 4.38. The quantitative estimate of drug-likeness (QED) is 0.329. The van der Waals surface area contributed by atoms with Gasteiger partial charge in [0.05, 0.1) is 30.1 Å². The Kier molecular flexibility index (Phi) is 5.68. The first-order valence-electron chi connectivity index (χ1n) is 11.9. The van der Waals surface area contributed by atoms with Crippen LogP contribution in [-0.2, 0) is 11.3 Å². The number of benzene rings is 4. The van der Waals surface area contributed by atoms with Crippen molar-refractivity contribution in [3.05, 3.63) is 103 Å². The molecule has 4 nitrogen and oxygen atoms in total. The Hall–Kier alpha value is -3.73. The van der Waals surface area contributed by atoms with Crippen LogP contribution in [-0.4, -0.2) is 36.2 Å². The Morgan fingerprint density at radius 3 is 2.38 bits per heavy atom. The molecule has 1 aromatic heterocycles. The summed E-state index contributed by atoms with van der Waals surface area (Å²) in [5, 5.41) is 7.23. The Labute approximate surface area is 199 Å². The van der Waals surface area contributed by atoms with Crippen molar-refractivity contribution in [1.29, 1.82) is 0 Å². The summed E-state index contributed by atoms with van der Waals surface area (Å²) in [6.07, 6.45) is 0. The number of hydrogen-bond donors (Lipinski definition) is 1. The molecule has 1 aliphatic rings. The van der Waals surface area contributed by atoms with Crippen molar-refractivity contribution in [1.82, 2.24) is 9.88 Å². The van der Waals surface area contributed by atoms with Crippen LogP contribution >= 0.6 is 0 Å². The van der Waals surface area contributed by atoms with Crippen LogP contribution in [0.4, 0.5) is 11.4 Å². The summed E-state index contributed by atoms with van der Waals surface area (Å²) in [5.41, 5.74) is 6.54. The van der Waals surface area contributed by atoms with Gasteiger partial charge in [-0.1, -0.05) is 66.7 Å². The number of fused-ring (bicyclic) bond motifs is 2. The molecule has 5 aromatic rings. The Morgan fingerprint density at radius 1 is 0.765 bits per heavy atom. The molecule has 0 bridgehead atoms. The molecule has 0 unspecified atom stereocenters. The second kappa shape index (κ2) is 9.26. The summed E-state index contributed by atoms with van der Waals surface area (Å²) in [6, 6.07) is 34.2. The number of nitrogens with one attached hydrogen (secondary N) is 1. The molecule has 6 rings (SSSR count). The normalized spacial score (nSPS) is 14.5. The van der Waals surface area contributed by atoms with Crippen LogP contribution in [0.1, 0.15) is 5.56 Å². The van der Waals surface area contributed by atoms with Crippen molar-refractivity contribution < 1.29 is 4.74 Å². The molecule has 1 aliphatic heterocycles. The molecule has 168 valence electrons. The van der Waals surface area contributed by atoms with Gasteiger partial charge in [0.25, 0.3) is 0 Å². The van der Waals surface area contributed by atoms with Crippen molar-refractivity contribution in [2.24, 2.45) is 0 Å². The second-order valence-corrected chi connectivity index (χ2v) is 8.84. The molecule has 1 saturated heterocycles. The van der Waals surface area contributed by atoms with Gasteiger partial charge >= 0.3 is 0 Å². The van der Waals surface area contributed by atoms with Crippen molar-refractivity contribution in [3.8, 4) is 11.3 Å². The average Bonchev–Trinajstić information content (AvgIpc) is 2.90. The molecule has 0 aliphatic carbocycles. The lowest BCUT2D eigenvalue weighted by Gasteiger charge is -2.26. The zero-order valence-electron chi connectivity index (χ0n) is 19.1. The van der Waals surface area contributed by atoms with Gasteiger partial charge in [0.2, 0.25) is 0 Å². The van der Waals surface area contributed by atoms with Gasteiger partial charge in [0.15, 0.2) is 0 Å². The minimum absolute atomic E-state index is 0.828. The number of hydrogen-bond acceptors (Lipinski definition) is 4. The van der Waals surface area contributed by atoms with E-state index in [0.717, 1.165) is 66.4 Å². The molecule has 0 atom stereocenters. The number of para-hydroxylation sites is 1. The SMILES string of the molecule is c1ccc2cc(-c3cc(Nc4ccc(CN5CCOCC5)cc4)c4ccccc4n3)ccc2c1. The highest BCUT2D eigenvalue weighted by molar-refractivity contribution is 5.96. The third-order valence-electron chi connectivity index (χ3n) is 6.50. The van der Waals surface area contributed by atoms with Crippen molar-refractivity contribution in [2.75, 3.05) is 31.6 Å². The molecule has 0 spiro atoms. The number of ether oxygens (including phenoxy) is 1. The Morgan fingerprint density at radius 2 is 1.53 bits per heavy atom. The summed E-state index contributed by atoms with van der Waals surface area (Å²) in [7, 11) is 0. The summed E-state index contributed by atoms with van der Waals surface area (Å²) < 4.78 is 5.46. The van der Waals surface area contributed by atoms with Crippen LogP contribution < -0.4 is 5.32 Å². The number of rotatable bonds is 5. The lowest BCUT2D eigenvalue weighted by Crippen LogP contribution is -2.35. The fourth-order valence-corrected chi connectivity index (χ4v) is 4.64. The lowest BCUT2D eigenvalue weighted by molar-refractivity contribution is 0.0342. The van der Waals surface area contributed by atoms with Gasteiger partial charge in [-0.3, -0.25) is 4.90 Å². The summed E-state index contributed by atoms with van der Waals surface area (Å²) in [6.45, 7) is 4.62. The predicted molar refractivity (Wildman–Crippen MR) is 141 cm³/mol. The van der Waals surface area contributed by atoms with Crippen LogP contribution in [0, 0.1) is 0 Å². The number of aromatic nitrogens is 1. The minimum atomic E-state index is 0.828. The number of morpholine rings is 1. The fourth-order valence-electron chi connectivity index (χ4n) is 4.64. The van der Waals surface area contributed by atoms with Gasteiger partial charge in [-0.15, -0.1) is 0 Å². The first kappa shape index (κ1) is 20.8. The second-order valence-electron chi connectivity index (χ2n) is 8.84. The zero-order chi connectivity index (χ0) is 22.7. The molecule has 0 amide bonds. The highest BCUT2D eigenvalue weighted by atomic mass is 16.5. The Balaban J connectivity index is 1.31. The van der Waals surface area contributed by atoms with E-state index >= 15 is 0 Å². The summed E-state index contributed by atoms with van der Waals surface area (Å²) in [4.78, 5) is 7.42. The molecular formula is C30H27N3O. The third-order valence-corrected chi connectivity index (χ3v) is 6.50. The van der Waals surface area contributed by atoms with Gasteiger partial charge < -0.3 is 10.1 Å². The predicted octanol–water partition coefficient (Wildman–Crippen LogP) is 6.63. The first-order valence-corrected chi connectivity index (χ1v) is 11.9. The maximum atomic E-state index is 5.46. The van der Waals surface area contributed by atoms with Crippen LogP contribution in [0.5, 0.6) is 0 Å². The monoisotopic (exact) mass is 445 g/mol. The highest BCUT2D eigenvalue weighted by Crippen LogP contribution is 2.32. The molecular weight excluding hydrogens is 418 g/mol. The Bertz CT molecular complexity index is 1440. The first-order chi connectivity index (χ1) is 16.8. The molecule has 1 N–H and O–H groups in total. The topological polar surface area (TPSA) is 37.4 Å². The maximum absolute atomic E-state index is 5.46. The van der Waals surface area contributed by atoms with E-state index in [-0.39, 0.29) is 0 Å². The van der Waals surface area contributed by atoms with Crippen LogP contribution in [0.25, 0.3) is 32.9 Å². The van der Waals surface area contributed by atoms with Crippen molar-refractivity contribution >= 4 is 33.1 Å². The standard InChI is InChI=1S/C30H27N3O/c1-2-6-24-19-25(12-11-23(24)5-1)29-20-30(27-7-3-4-8-28(27)32-29)31-26-13-9-22(10-14-26)21-33-15-17-34-18-16-33/h1-14,19-20H,15-18,21H2,(H,31,32). The average molecular weight is 446 g/mol. The van der Waals surface area contributed by atoms with E-state index in [9.17, 15) is 0 Å². The van der Waals surface area contributed by atoms with Crippen molar-refractivity contribution in [3.63, 3.8) is 0 Å². The largest absolute Gasteiger partial charge is 0.379 e. The van der Waals surface area contributed by atoms with E-state index in [0.29, 0.717) is 0 Å². The van der Waals surface area contributed by atoms with Gasteiger partial charge in [-0.2, -0.15) is 0 Å². The van der Waals surface area contributed by atoms with Gasteiger partial charge in [-0.05, 0) is 46.7 Å². The van der Waals surface area contributed by atoms with E-state index in [1.54, 1.807) is 0 Å². The zero-order valence-corrected chi connectivity index (χ0v) is 19.1. The van der Waals surface area contributed by atoms with Gasteiger partial charge in [0.1, 0.15) is 0 Å². The molecule has 34 heavy (non-hydrogen) atoms. The highest BCUT2D eigenvalue weighted by Gasteiger charge is 2.11. The van der Waals surface area contributed by atoms with Crippen molar-refractivity contribution in [2.45, 2.75) is 6.54 Å². The molecule has 4 aromatic carbocycles. The van der Waals surface area contributed by atoms with E-state index < -0.39 is 0 Å². The molecule has 0 radical (unpaired) electrons. The number of anilines is 2. The van der Waals surface area contributed by atoms with Crippen LogP contribution in [0.3, 0.4) is 0 Å². The van der Waals surface area contributed by atoms with E-state index in [1.165, 1.54) is 16.3 Å². The van der Waals surface area contributed by atoms with Gasteiger partial charge in [0, 0.05) is 36.3 Å². The fraction of sp³-hybridized carbons (Fsp3) is 0.167. The van der Waals surface area contributed by atoms with Gasteiger partial charge in [-0.25, -0.2) is 4.98 Å². The van der Waals surface area contributed by atoms with E-state index in [1.807, 2.05) is 6.07 Å². The summed E-state index contributed by atoms with van der Waals surface area (Å²) in [5.74, 6) is 0. The van der Waals surface area contributed by atoms with Crippen LogP contribution in [0.15, 0.2) is 97.1 Å². The van der Waals surface area contributed by atoms with E-state index in [2.05, 4.69) is 101 Å². The number of pyridine rings is 1. The smallest absolute Gasteiger partial charge is 0.0730 e. The minimum Gasteiger partial charge on any atom is -0.379 e. The van der Waals surface area contributed by atoms with E-state index in [4.69, 9.17) is 9.72 Å². The summed E-state index contributed by atoms with van der Waals surface area (Å²) >= 11 is 0. The molecule has 0 saturated carbocycles. The maximum Gasteiger partial charge on any atom is 0.0730 e. The molecule has 4 heteroatoms. The van der Waals surface area contributed by atoms with Crippen LogP contribution in [0.2, 0.25) is 0 Å².